The molecule has 0 saturated carbocycles. The molecule has 7 heteroatoms. The lowest BCUT2D eigenvalue weighted by atomic mass is 10.1. The highest BCUT2D eigenvalue weighted by atomic mass is 32.2. The minimum atomic E-state index is -0.341. The smallest absolute Gasteiger partial charge is 0.227 e. The molecule has 2 amide bonds. The Morgan fingerprint density at radius 3 is 2.81 bits per heavy atom. The Bertz CT molecular complexity index is 795. The molecule has 26 heavy (non-hydrogen) atoms. The zero-order chi connectivity index (χ0) is 18.5. The Kier molecular flexibility index (Phi) is 5.78. The maximum absolute atomic E-state index is 12.5. The first kappa shape index (κ1) is 18.3. The van der Waals surface area contributed by atoms with Gasteiger partial charge >= 0.3 is 0 Å². The number of hydrogen-bond donors (Lipinski definition) is 1. The van der Waals surface area contributed by atoms with Crippen LogP contribution in [-0.2, 0) is 16.1 Å². The van der Waals surface area contributed by atoms with Crippen molar-refractivity contribution in [1.82, 2.24) is 10.3 Å². The number of hydrogen-bond acceptors (Lipinski definition) is 5. The van der Waals surface area contributed by atoms with Crippen LogP contribution in [0.25, 0.3) is 0 Å². The predicted octanol–water partition coefficient (Wildman–Crippen LogP) is 2.48. The standard InChI is InChI=1S/C19H21N3O3S/c1-25-17-9-13(7-8-20-17)11-21-19(24)14-10-18(23)22(12-14)15-3-5-16(26-2)6-4-15/h3-9,14H,10-12H2,1-2H3,(H,21,24). The Morgan fingerprint density at radius 2 is 2.12 bits per heavy atom. The molecule has 1 aliphatic heterocycles. The minimum Gasteiger partial charge on any atom is -0.481 e. The average Bonchev–Trinajstić information content (AvgIpc) is 3.08. The van der Waals surface area contributed by atoms with Crippen LogP contribution in [-0.4, -0.2) is 36.7 Å². The molecule has 1 saturated heterocycles. The number of carbonyl (C=O) groups is 2. The zero-order valence-corrected chi connectivity index (χ0v) is 15.6. The molecule has 3 rings (SSSR count). The van der Waals surface area contributed by atoms with Crippen molar-refractivity contribution in [1.29, 1.82) is 0 Å². The molecule has 1 fully saturated rings. The maximum Gasteiger partial charge on any atom is 0.227 e. The third-order valence-electron chi connectivity index (χ3n) is 4.36. The van der Waals surface area contributed by atoms with Crippen molar-refractivity contribution in [2.45, 2.75) is 17.9 Å². The number of methoxy groups -OCH3 is 1. The molecule has 2 heterocycles. The second kappa shape index (κ2) is 8.23. The Hall–Kier alpha value is -2.54. The molecule has 6 nitrogen and oxygen atoms in total. The molecule has 2 aromatic rings. The van der Waals surface area contributed by atoms with Crippen LogP contribution in [0, 0.1) is 5.92 Å². The van der Waals surface area contributed by atoms with Gasteiger partial charge in [0, 0.05) is 42.4 Å². The first-order valence-corrected chi connectivity index (χ1v) is 9.54. The zero-order valence-electron chi connectivity index (χ0n) is 14.8. The van der Waals surface area contributed by atoms with E-state index in [0.29, 0.717) is 19.0 Å². The Labute approximate surface area is 156 Å². The first-order chi connectivity index (χ1) is 12.6. The van der Waals surface area contributed by atoms with Crippen molar-refractivity contribution >= 4 is 29.3 Å². The SMILES string of the molecule is COc1cc(CNC(=O)C2CC(=O)N(c3ccc(SC)cc3)C2)ccn1. The van der Waals surface area contributed by atoms with E-state index in [9.17, 15) is 9.59 Å². The van der Waals surface area contributed by atoms with Crippen molar-refractivity contribution in [3.8, 4) is 5.88 Å². The highest BCUT2D eigenvalue weighted by Gasteiger charge is 2.34. The van der Waals surface area contributed by atoms with Crippen molar-refractivity contribution in [3.05, 3.63) is 48.2 Å². The largest absolute Gasteiger partial charge is 0.481 e. The molecule has 0 radical (unpaired) electrons. The van der Waals surface area contributed by atoms with Crippen LogP contribution < -0.4 is 15.0 Å². The number of aromatic nitrogens is 1. The normalized spacial score (nSPS) is 16.6. The summed E-state index contributed by atoms with van der Waals surface area (Å²) >= 11 is 1.65. The summed E-state index contributed by atoms with van der Waals surface area (Å²) in [4.78, 5) is 31.6. The monoisotopic (exact) mass is 371 g/mol. The third kappa shape index (κ3) is 4.16. The van der Waals surface area contributed by atoms with E-state index in [1.807, 2.05) is 36.6 Å². The van der Waals surface area contributed by atoms with Crippen LogP contribution in [0.3, 0.4) is 0 Å². The van der Waals surface area contributed by atoms with E-state index in [0.717, 1.165) is 16.1 Å². The van der Waals surface area contributed by atoms with E-state index in [-0.39, 0.29) is 24.2 Å². The fourth-order valence-electron chi connectivity index (χ4n) is 2.90. The summed E-state index contributed by atoms with van der Waals surface area (Å²) in [6.45, 7) is 0.785. The summed E-state index contributed by atoms with van der Waals surface area (Å²) in [5, 5.41) is 2.90. The fraction of sp³-hybridized carbons (Fsp3) is 0.316. The molecular weight excluding hydrogens is 350 g/mol. The number of ether oxygens (including phenoxy) is 1. The van der Waals surface area contributed by atoms with Gasteiger partial charge < -0.3 is 15.0 Å². The fourth-order valence-corrected chi connectivity index (χ4v) is 3.31. The highest BCUT2D eigenvalue weighted by Crippen LogP contribution is 2.27. The summed E-state index contributed by atoms with van der Waals surface area (Å²) in [5.41, 5.74) is 1.74. The summed E-state index contributed by atoms with van der Waals surface area (Å²) < 4.78 is 5.08. The van der Waals surface area contributed by atoms with Gasteiger partial charge in [0.25, 0.3) is 0 Å². The van der Waals surface area contributed by atoms with Gasteiger partial charge in [-0.15, -0.1) is 11.8 Å². The van der Waals surface area contributed by atoms with Crippen molar-refractivity contribution in [2.24, 2.45) is 5.92 Å². The lowest BCUT2D eigenvalue weighted by molar-refractivity contribution is -0.126. The van der Waals surface area contributed by atoms with Gasteiger partial charge in [0.05, 0.1) is 13.0 Å². The second-order valence-corrected chi connectivity index (χ2v) is 6.91. The number of rotatable bonds is 6. The van der Waals surface area contributed by atoms with E-state index in [4.69, 9.17) is 4.74 Å². The second-order valence-electron chi connectivity index (χ2n) is 6.03. The van der Waals surface area contributed by atoms with Crippen molar-refractivity contribution in [2.75, 3.05) is 24.8 Å². The van der Waals surface area contributed by atoms with Crippen LogP contribution in [0.15, 0.2) is 47.5 Å². The van der Waals surface area contributed by atoms with Crippen LogP contribution in [0.2, 0.25) is 0 Å². The van der Waals surface area contributed by atoms with E-state index >= 15 is 0 Å². The van der Waals surface area contributed by atoms with E-state index in [2.05, 4.69) is 10.3 Å². The van der Waals surface area contributed by atoms with Gasteiger partial charge in [-0.05, 0) is 42.2 Å². The van der Waals surface area contributed by atoms with Crippen LogP contribution in [0.1, 0.15) is 12.0 Å². The summed E-state index contributed by atoms with van der Waals surface area (Å²) in [7, 11) is 1.55. The molecule has 136 valence electrons. The summed E-state index contributed by atoms with van der Waals surface area (Å²) in [6, 6.07) is 11.4. The topological polar surface area (TPSA) is 71.5 Å². The predicted molar refractivity (Wildman–Crippen MR) is 101 cm³/mol. The lowest BCUT2D eigenvalue weighted by Gasteiger charge is -2.17. The molecule has 1 unspecified atom stereocenters. The van der Waals surface area contributed by atoms with Gasteiger partial charge in [-0.3, -0.25) is 9.59 Å². The number of nitrogens with zero attached hydrogens (tertiary/aromatic N) is 2. The molecule has 0 bridgehead atoms. The van der Waals surface area contributed by atoms with Crippen molar-refractivity contribution in [3.63, 3.8) is 0 Å². The quantitative estimate of drug-likeness (QED) is 0.790. The number of pyridine rings is 1. The van der Waals surface area contributed by atoms with Gasteiger partial charge in [0.2, 0.25) is 17.7 Å². The van der Waals surface area contributed by atoms with Crippen LogP contribution in [0.5, 0.6) is 5.88 Å². The molecule has 1 N–H and O–H groups in total. The lowest BCUT2D eigenvalue weighted by Crippen LogP contribution is -2.32. The average molecular weight is 371 g/mol. The maximum atomic E-state index is 12.5. The van der Waals surface area contributed by atoms with Gasteiger partial charge in [-0.2, -0.15) is 0 Å². The number of carbonyl (C=O) groups excluding carboxylic acids is 2. The molecule has 1 aromatic heterocycles. The Morgan fingerprint density at radius 1 is 1.35 bits per heavy atom. The highest BCUT2D eigenvalue weighted by molar-refractivity contribution is 7.98. The molecule has 1 atom stereocenters. The Balaban J connectivity index is 1.59. The number of amides is 2. The minimum absolute atomic E-state index is 0.0207. The number of nitrogens with one attached hydrogen (secondary N) is 1. The first-order valence-electron chi connectivity index (χ1n) is 8.31. The number of benzene rings is 1. The molecule has 0 aliphatic carbocycles. The molecule has 0 spiro atoms. The van der Waals surface area contributed by atoms with Gasteiger partial charge in [0.15, 0.2) is 0 Å². The van der Waals surface area contributed by atoms with Crippen LogP contribution >= 0.6 is 11.8 Å². The van der Waals surface area contributed by atoms with E-state index in [1.165, 1.54) is 0 Å². The van der Waals surface area contributed by atoms with Gasteiger partial charge in [-0.25, -0.2) is 4.98 Å². The molecule has 1 aromatic carbocycles. The third-order valence-corrected chi connectivity index (χ3v) is 5.10. The van der Waals surface area contributed by atoms with E-state index < -0.39 is 0 Å². The van der Waals surface area contributed by atoms with Crippen LogP contribution in [0.4, 0.5) is 5.69 Å². The number of thioether (sulfide) groups is 1. The molecule has 1 aliphatic rings. The van der Waals surface area contributed by atoms with Crippen molar-refractivity contribution < 1.29 is 14.3 Å². The van der Waals surface area contributed by atoms with Gasteiger partial charge in [-0.1, -0.05) is 0 Å². The number of anilines is 1. The summed E-state index contributed by atoms with van der Waals surface area (Å²) in [6.07, 6.45) is 3.88. The molecular formula is C19H21N3O3S. The van der Waals surface area contributed by atoms with E-state index in [1.54, 1.807) is 36.0 Å². The van der Waals surface area contributed by atoms with Gasteiger partial charge in [0.1, 0.15) is 0 Å². The summed E-state index contributed by atoms with van der Waals surface area (Å²) in [5.74, 6) is 0.0316.